The Morgan fingerprint density at radius 1 is 1.53 bits per heavy atom. The van der Waals surface area contributed by atoms with Gasteiger partial charge in [0.05, 0.1) is 5.02 Å². The van der Waals surface area contributed by atoms with Gasteiger partial charge in [0.2, 0.25) is 0 Å². The maximum absolute atomic E-state index is 11.6. The molecule has 1 heterocycles. The SMILES string of the molecule is CC(C)(C)OC(=O)N[C@@H](Cc1sccc1Cl)C(=O)O. The largest absolute Gasteiger partial charge is 0.480 e. The molecule has 1 amide bonds. The number of ether oxygens (including phenoxy) is 1. The van der Waals surface area contributed by atoms with Gasteiger partial charge in [0.25, 0.3) is 0 Å². The molecule has 0 aliphatic carbocycles. The maximum Gasteiger partial charge on any atom is 0.408 e. The zero-order valence-electron chi connectivity index (χ0n) is 10.9. The third-order valence-electron chi connectivity index (χ3n) is 2.07. The number of halogens is 1. The number of carbonyl (C=O) groups excluding carboxylic acids is 1. The summed E-state index contributed by atoms with van der Waals surface area (Å²) in [6.45, 7) is 5.12. The minimum atomic E-state index is -1.13. The smallest absolute Gasteiger partial charge is 0.408 e. The lowest BCUT2D eigenvalue weighted by molar-refractivity contribution is -0.139. The standard InChI is InChI=1S/C12H16ClNO4S/c1-12(2,3)18-11(17)14-8(10(15)16)6-9-7(13)4-5-19-9/h4-5,8H,6H2,1-3H3,(H,14,17)(H,15,16)/t8-/m0/s1. The predicted molar refractivity (Wildman–Crippen MR) is 73.8 cm³/mol. The van der Waals surface area contributed by atoms with Gasteiger partial charge >= 0.3 is 12.1 Å². The predicted octanol–water partition coefficient (Wildman–Crippen LogP) is 2.92. The summed E-state index contributed by atoms with van der Waals surface area (Å²) in [5, 5.41) is 13.7. The number of carbonyl (C=O) groups is 2. The first-order valence-electron chi connectivity index (χ1n) is 5.63. The summed E-state index contributed by atoms with van der Waals surface area (Å²) < 4.78 is 5.02. The average Bonchev–Trinajstić information content (AvgIpc) is 2.60. The van der Waals surface area contributed by atoms with Crippen LogP contribution in [-0.4, -0.2) is 28.8 Å². The van der Waals surface area contributed by atoms with Crippen molar-refractivity contribution in [3.05, 3.63) is 21.3 Å². The second kappa shape index (κ2) is 6.25. The van der Waals surface area contributed by atoms with Crippen molar-refractivity contribution in [2.75, 3.05) is 0 Å². The highest BCUT2D eigenvalue weighted by atomic mass is 35.5. The van der Waals surface area contributed by atoms with Crippen molar-refractivity contribution >= 4 is 35.0 Å². The fourth-order valence-electron chi connectivity index (χ4n) is 1.31. The molecular formula is C12H16ClNO4S. The van der Waals surface area contributed by atoms with Crippen molar-refractivity contribution in [2.24, 2.45) is 0 Å². The zero-order valence-corrected chi connectivity index (χ0v) is 12.5. The summed E-state index contributed by atoms with van der Waals surface area (Å²) in [5.41, 5.74) is -0.673. The number of alkyl carbamates (subject to hydrolysis) is 1. The van der Waals surface area contributed by atoms with Gasteiger partial charge in [-0.2, -0.15) is 0 Å². The molecule has 19 heavy (non-hydrogen) atoms. The maximum atomic E-state index is 11.6. The fraction of sp³-hybridized carbons (Fsp3) is 0.500. The van der Waals surface area contributed by atoms with Crippen molar-refractivity contribution in [3.8, 4) is 0 Å². The molecule has 0 aliphatic rings. The van der Waals surface area contributed by atoms with E-state index in [2.05, 4.69) is 5.32 Å². The molecular weight excluding hydrogens is 290 g/mol. The molecule has 0 saturated carbocycles. The normalized spacial score (nSPS) is 12.8. The van der Waals surface area contributed by atoms with E-state index in [1.165, 1.54) is 11.3 Å². The van der Waals surface area contributed by atoms with Gasteiger partial charge in [-0.15, -0.1) is 11.3 Å². The number of carboxylic acid groups (broad SMARTS) is 1. The Balaban J connectivity index is 2.67. The van der Waals surface area contributed by atoms with Gasteiger partial charge in [-0.25, -0.2) is 9.59 Å². The van der Waals surface area contributed by atoms with E-state index in [9.17, 15) is 9.59 Å². The van der Waals surface area contributed by atoms with E-state index < -0.39 is 23.7 Å². The van der Waals surface area contributed by atoms with E-state index in [4.69, 9.17) is 21.4 Å². The van der Waals surface area contributed by atoms with Crippen molar-refractivity contribution in [1.82, 2.24) is 5.32 Å². The second-order valence-electron chi connectivity index (χ2n) is 4.93. The Morgan fingerprint density at radius 2 is 2.16 bits per heavy atom. The van der Waals surface area contributed by atoms with Crippen LogP contribution in [0.3, 0.4) is 0 Å². The molecule has 0 bridgehead atoms. The number of hydrogen-bond donors (Lipinski definition) is 2. The Bertz CT molecular complexity index is 467. The Kier molecular flexibility index (Phi) is 5.20. The van der Waals surface area contributed by atoms with E-state index in [1.54, 1.807) is 32.2 Å². The van der Waals surface area contributed by atoms with Crippen molar-refractivity contribution in [1.29, 1.82) is 0 Å². The van der Waals surface area contributed by atoms with Crippen LogP contribution < -0.4 is 5.32 Å². The van der Waals surface area contributed by atoms with Crippen LogP contribution in [0.2, 0.25) is 5.02 Å². The van der Waals surface area contributed by atoms with Crippen molar-refractivity contribution in [2.45, 2.75) is 38.8 Å². The Hall–Kier alpha value is -1.27. The molecule has 0 fully saturated rings. The van der Waals surface area contributed by atoms with Crippen molar-refractivity contribution in [3.63, 3.8) is 0 Å². The van der Waals surface area contributed by atoms with Gasteiger partial charge < -0.3 is 15.2 Å². The molecule has 2 N–H and O–H groups in total. The summed E-state index contributed by atoms with van der Waals surface area (Å²) in [6, 6.07) is 0.625. The van der Waals surface area contributed by atoms with Crippen LogP contribution in [0.15, 0.2) is 11.4 Å². The van der Waals surface area contributed by atoms with Gasteiger partial charge in [-0.3, -0.25) is 0 Å². The van der Waals surface area contributed by atoms with Gasteiger partial charge in [0, 0.05) is 11.3 Å². The third-order valence-corrected chi connectivity index (χ3v) is 3.48. The summed E-state index contributed by atoms with van der Waals surface area (Å²) in [5.74, 6) is -1.13. The van der Waals surface area contributed by atoms with Crippen LogP contribution in [0.1, 0.15) is 25.6 Å². The lowest BCUT2D eigenvalue weighted by Gasteiger charge is -2.21. The minimum Gasteiger partial charge on any atom is -0.480 e. The molecule has 0 aliphatic heterocycles. The van der Waals surface area contributed by atoms with Gasteiger partial charge in [0.15, 0.2) is 0 Å². The molecule has 0 saturated heterocycles. The van der Waals surface area contributed by atoms with E-state index in [-0.39, 0.29) is 6.42 Å². The summed E-state index contributed by atoms with van der Waals surface area (Å²) >= 11 is 7.25. The minimum absolute atomic E-state index is 0.130. The molecule has 1 rings (SSSR count). The molecule has 0 radical (unpaired) electrons. The number of amides is 1. The molecule has 0 unspecified atom stereocenters. The summed E-state index contributed by atoms with van der Waals surface area (Å²) in [6.07, 6.45) is -0.627. The zero-order chi connectivity index (χ0) is 14.6. The van der Waals surface area contributed by atoms with Crippen LogP contribution in [-0.2, 0) is 16.0 Å². The van der Waals surface area contributed by atoms with Crippen LogP contribution in [0.5, 0.6) is 0 Å². The molecule has 1 aromatic heterocycles. The number of rotatable bonds is 4. The average molecular weight is 306 g/mol. The van der Waals surface area contributed by atoms with Gasteiger partial charge in [-0.05, 0) is 32.2 Å². The molecule has 1 aromatic rings. The first-order chi connectivity index (χ1) is 8.69. The topological polar surface area (TPSA) is 75.6 Å². The first kappa shape index (κ1) is 15.8. The number of nitrogens with one attached hydrogen (secondary N) is 1. The summed E-state index contributed by atoms with van der Waals surface area (Å²) in [7, 11) is 0. The quantitative estimate of drug-likeness (QED) is 0.897. The van der Waals surface area contributed by atoms with Gasteiger partial charge in [0.1, 0.15) is 11.6 Å². The third kappa shape index (κ3) is 5.48. The molecule has 106 valence electrons. The summed E-state index contributed by atoms with van der Waals surface area (Å²) in [4.78, 5) is 23.4. The molecule has 1 atom stereocenters. The van der Waals surface area contributed by atoms with Gasteiger partial charge in [-0.1, -0.05) is 11.6 Å². The first-order valence-corrected chi connectivity index (χ1v) is 6.89. The fourth-order valence-corrected chi connectivity index (χ4v) is 2.47. The highest BCUT2D eigenvalue weighted by Gasteiger charge is 2.25. The lowest BCUT2D eigenvalue weighted by atomic mass is 10.2. The Labute approximate surface area is 120 Å². The van der Waals surface area contributed by atoms with E-state index in [0.29, 0.717) is 9.90 Å². The van der Waals surface area contributed by atoms with Crippen LogP contribution in [0.4, 0.5) is 4.79 Å². The highest BCUT2D eigenvalue weighted by Crippen LogP contribution is 2.23. The number of carboxylic acids is 1. The van der Waals surface area contributed by atoms with E-state index in [1.807, 2.05) is 0 Å². The van der Waals surface area contributed by atoms with Crippen LogP contribution >= 0.6 is 22.9 Å². The van der Waals surface area contributed by atoms with E-state index >= 15 is 0 Å². The van der Waals surface area contributed by atoms with E-state index in [0.717, 1.165) is 0 Å². The molecule has 5 nitrogen and oxygen atoms in total. The number of hydrogen-bond acceptors (Lipinski definition) is 4. The molecule has 7 heteroatoms. The monoisotopic (exact) mass is 305 g/mol. The van der Waals surface area contributed by atoms with Crippen molar-refractivity contribution < 1.29 is 19.4 Å². The highest BCUT2D eigenvalue weighted by molar-refractivity contribution is 7.10. The number of thiophene rings is 1. The number of aliphatic carboxylic acids is 1. The molecule has 0 spiro atoms. The lowest BCUT2D eigenvalue weighted by Crippen LogP contribution is -2.44. The molecule has 0 aromatic carbocycles. The van der Waals surface area contributed by atoms with Crippen LogP contribution in [0.25, 0.3) is 0 Å². The Morgan fingerprint density at radius 3 is 2.58 bits per heavy atom. The second-order valence-corrected chi connectivity index (χ2v) is 6.34. The van der Waals surface area contributed by atoms with Crippen LogP contribution in [0, 0.1) is 0 Å².